The summed E-state index contributed by atoms with van der Waals surface area (Å²) in [6.45, 7) is 1.24. The third-order valence-corrected chi connectivity index (χ3v) is 6.95. The van der Waals surface area contributed by atoms with Gasteiger partial charge in [0, 0.05) is 38.4 Å². The Hall–Kier alpha value is -2.54. The maximum Gasteiger partial charge on any atom is 0.260 e. The Morgan fingerprint density at radius 2 is 1.79 bits per heavy atom. The van der Waals surface area contributed by atoms with Crippen molar-refractivity contribution < 1.29 is 18.7 Å². The molecule has 1 fully saturated rings. The second kappa shape index (κ2) is 12.6. The van der Waals surface area contributed by atoms with Gasteiger partial charge in [-0.1, -0.05) is 36.4 Å². The summed E-state index contributed by atoms with van der Waals surface area (Å²) in [4.78, 5) is 29.1. The predicted octanol–water partition coefficient (Wildman–Crippen LogP) is 4.27. The summed E-state index contributed by atoms with van der Waals surface area (Å²) in [5, 5.41) is 0. The first-order chi connectivity index (χ1) is 16.0. The van der Waals surface area contributed by atoms with Crippen LogP contribution in [0.3, 0.4) is 0 Å². The van der Waals surface area contributed by atoms with Gasteiger partial charge in [-0.2, -0.15) is 11.8 Å². The van der Waals surface area contributed by atoms with Crippen molar-refractivity contribution in [3.63, 3.8) is 0 Å². The van der Waals surface area contributed by atoms with Crippen molar-refractivity contribution in [2.24, 2.45) is 5.92 Å². The molecule has 3 rings (SSSR count). The van der Waals surface area contributed by atoms with Crippen LogP contribution in [0.2, 0.25) is 0 Å². The smallest absolute Gasteiger partial charge is 0.260 e. The summed E-state index contributed by atoms with van der Waals surface area (Å²) >= 11 is 1.64. The third-order valence-electron chi connectivity index (χ3n) is 6.34. The zero-order chi connectivity index (χ0) is 23.6. The maximum atomic E-state index is 14.4. The van der Waals surface area contributed by atoms with Crippen molar-refractivity contribution in [3.05, 3.63) is 66.0 Å². The van der Waals surface area contributed by atoms with Gasteiger partial charge in [0.15, 0.2) is 6.61 Å². The van der Waals surface area contributed by atoms with E-state index >= 15 is 0 Å². The lowest BCUT2D eigenvalue weighted by atomic mass is 9.84. The van der Waals surface area contributed by atoms with Crippen LogP contribution in [0.25, 0.3) is 0 Å². The highest BCUT2D eigenvalue weighted by molar-refractivity contribution is 7.98. The number of carbonyl (C=O) groups excluding carboxylic acids is 2. The van der Waals surface area contributed by atoms with E-state index in [0.717, 1.165) is 18.6 Å². The zero-order valence-electron chi connectivity index (χ0n) is 19.4. The van der Waals surface area contributed by atoms with E-state index in [1.165, 1.54) is 6.07 Å². The van der Waals surface area contributed by atoms with Crippen LogP contribution in [0.1, 0.15) is 24.8 Å². The molecule has 1 unspecified atom stereocenters. The van der Waals surface area contributed by atoms with Crippen LogP contribution in [0.5, 0.6) is 5.75 Å². The molecule has 7 heteroatoms. The molecule has 1 atom stereocenters. The van der Waals surface area contributed by atoms with Crippen LogP contribution in [-0.4, -0.2) is 66.4 Å². The molecule has 2 amide bonds. The number of benzene rings is 2. The van der Waals surface area contributed by atoms with Gasteiger partial charge in [0.1, 0.15) is 11.6 Å². The van der Waals surface area contributed by atoms with E-state index < -0.39 is 0 Å². The molecule has 2 aromatic carbocycles. The quantitative estimate of drug-likeness (QED) is 0.518. The Morgan fingerprint density at radius 1 is 1.12 bits per heavy atom. The summed E-state index contributed by atoms with van der Waals surface area (Å²) in [6, 6.07) is 16.0. The van der Waals surface area contributed by atoms with Crippen LogP contribution in [-0.2, 0) is 16.0 Å². The maximum absolute atomic E-state index is 14.4. The highest BCUT2D eigenvalue weighted by Crippen LogP contribution is 2.28. The number of likely N-dealkylation sites (tertiary alicyclic amines) is 1. The van der Waals surface area contributed by atoms with E-state index in [2.05, 4.69) is 0 Å². The summed E-state index contributed by atoms with van der Waals surface area (Å²) in [5.74, 6) is 1.46. The molecule has 1 saturated heterocycles. The van der Waals surface area contributed by atoms with E-state index in [4.69, 9.17) is 4.74 Å². The average molecular weight is 473 g/mol. The van der Waals surface area contributed by atoms with Gasteiger partial charge in [0.05, 0.1) is 0 Å². The molecule has 178 valence electrons. The van der Waals surface area contributed by atoms with Gasteiger partial charge in [-0.15, -0.1) is 0 Å². The Bertz CT molecular complexity index is 903. The molecule has 0 bridgehead atoms. The lowest BCUT2D eigenvalue weighted by Gasteiger charge is -2.40. The van der Waals surface area contributed by atoms with Crippen molar-refractivity contribution >= 4 is 23.6 Å². The average Bonchev–Trinajstić information content (AvgIpc) is 2.85. The highest BCUT2D eigenvalue weighted by Gasteiger charge is 2.33. The van der Waals surface area contributed by atoms with Crippen molar-refractivity contribution in [3.8, 4) is 5.75 Å². The zero-order valence-corrected chi connectivity index (χ0v) is 20.2. The molecule has 1 aliphatic rings. The number of rotatable bonds is 10. The minimum absolute atomic E-state index is 0.0143. The van der Waals surface area contributed by atoms with E-state index in [1.54, 1.807) is 23.9 Å². The van der Waals surface area contributed by atoms with Crippen molar-refractivity contribution in [1.82, 2.24) is 9.80 Å². The fourth-order valence-electron chi connectivity index (χ4n) is 4.35. The van der Waals surface area contributed by atoms with Gasteiger partial charge >= 0.3 is 0 Å². The topological polar surface area (TPSA) is 49.9 Å². The van der Waals surface area contributed by atoms with Crippen molar-refractivity contribution in [2.45, 2.75) is 31.7 Å². The van der Waals surface area contributed by atoms with Crippen LogP contribution in [0, 0.1) is 11.7 Å². The molecular formula is C26H33FN2O3S. The van der Waals surface area contributed by atoms with Gasteiger partial charge in [0.25, 0.3) is 5.91 Å². The highest BCUT2D eigenvalue weighted by atomic mass is 32.2. The molecule has 2 aromatic rings. The Labute approximate surface area is 200 Å². The van der Waals surface area contributed by atoms with Crippen LogP contribution in [0.15, 0.2) is 54.6 Å². The number of para-hydroxylation sites is 1. The van der Waals surface area contributed by atoms with E-state index in [0.29, 0.717) is 37.2 Å². The van der Waals surface area contributed by atoms with Gasteiger partial charge < -0.3 is 14.5 Å². The minimum Gasteiger partial charge on any atom is -0.484 e. The summed E-state index contributed by atoms with van der Waals surface area (Å²) < 4.78 is 20.0. The molecule has 0 spiro atoms. The number of carbonyl (C=O) groups is 2. The number of nitrogens with zero attached hydrogens (tertiary/aromatic N) is 2. The normalized spacial score (nSPS) is 15.2. The van der Waals surface area contributed by atoms with E-state index in [9.17, 15) is 14.0 Å². The molecule has 5 nitrogen and oxygen atoms in total. The van der Waals surface area contributed by atoms with E-state index in [1.807, 2.05) is 59.5 Å². The summed E-state index contributed by atoms with van der Waals surface area (Å²) in [7, 11) is 1.83. The molecule has 1 heterocycles. The fraction of sp³-hybridized carbons (Fsp3) is 0.462. The second-order valence-electron chi connectivity index (χ2n) is 8.43. The number of ether oxygens (including phenoxy) is 1. The molecule has 33 heavy (non-hydrogen) atoms. The second-order valence-corrected chi connectivity index (χ2v) is 9.42. The van der Waals surface area contributed by atoms with Gasteiger partial charge in [-0.25, -0.2) is 4.39 Å². The number of amides is 2. The first kappa shape index (κ1) is 25.1. The lowest BCUT2D eigenvalue weighted by Crippen LogP contribution is -2.49. The minimum atomic E-state index is -0.238. The van der Waals surface area contributed by atoms with E-state index in [-0.39, 0.29) is 36.2 Å². The van der Waals surface area contributed by atoms with Gasteiger partial charge in [0.2, 0.25) is 5.91 Å². The Morgan fingerprint density at radius 3 is 2.45 bits per heavy atom. The molecule has 0 radical (unpaired) electrons. The number of halogens is 1. The number of hydrogen-bond donors (Lipinski definition) is 0. The summed E-state index contributed by atoms with van der Waals surface area (Å²) in [6.07, 6.45) is 4.48. The Kier molecular flexibility index (Phi) is 9.61. The van der Waals surface area contributed by atoms with Crippen molar-refractivity contribution in [2.75, 3.05) is 38.8 Å². The molecule has 1 aliphatic heterocycles. The predicted molar refractivity (Wildman–Crippen MR) is 131 cm³/mol. The van der Waals surface area contributed by atoms with Gasteiger partial charge in [-0.05, 0) is 55.2 Å². The monoisotopic (exact) mass is 472 g/mol. The molecule has 0 saturated carbocycles. The number of hydrogen-bond acceptors (Lipinski definition) is 4. The molecule has 0 aromatic heterocycles. The third kappa shape index (κ3) is 7.22. The SMILES string of the molecule is CSCCC(=O)N(C)C(Cc1ccccc1F)C1CCN(C(=O)COc2ccccc2)CC1. The molecule has 0 aliphatic carbocycles. The number of piperidine rings is 1. The first-order valence-corrected chi connectivity index (χ1v) is 12.8. The number of thioether (sulfide) groups is 1. The van der Waals surface area contributed by atoms with Crippen LogP contribution in [0.4, 0.5) is 4.39 Å². The first-order valence-electron chi connectivity index (χ1n) is 11.4. The van der Waals surface area contributed by atoms with Crippen LogP contribution < -0.4 is 4.74 Å². The lowest BCUT2D eigenvalue weighted by molar-refractivity contribution is -0.137. The molecule has 0 N–H and O–H groups in total. The van der Waals surface area contributed by atoms with Crippen molar-refractivity contribution in [1.29, 1.82) is 0 Å². The molecular weight excluding hydrogens is 439 g/mol. The largest absolute Gasteiger partial charge is 0.484 e. The standard InChI is InChI=1S/C26H33FN2O3S/c1-28(25(30)14-17-33-2)24(18-21-8-6-7-11-23(21)27)20-12-15-29(16-13-20)26(31)19-32-22-9-4-3-5-10-22/h3-11,20,24H,12-19H2,1-2H3. The fourth-order valence-corrected chi connectivity index (χ4v) is 4.73. The Balaban J connectivity index is 1.62. The van der Waals surface area contributed by atoms with Gasteiger partial charge in [-0.3, -0.25) is 9.59 Å². The number of likely N-dealkylation sites (N-methyl/N-ethyl adjacent to an activating group) is 1. The summed E-state index contributed by atoms with van der Waals surface area (Å²) in [5.41, 5.74) is 0.627. The van der Waals surface area contributed by atoms with Crippen LogP contribution >= 0.6 is 11.8 Å².